The largest absolute Gasteiger partial charge is 0.394 e. The molecule has 0 radical (unpaired) electrons. The number of fused-ring (bicyclic) bond motifs is 1. The Morgan fingerprint density at radius 1 is 0.977 bits per heavy atom. The first kappa shape index (κ1) is 31.1. The summed E-state index contributed by atoms with van der Waals surface area (Å²) >= 11 is 1.66. The van der Waals surface area contributed by atoms with Crippen molar-refractivity contribution in [3.63, 3.8) is 0 Å². The third-order valence-corrected chi connectivity index (χ3v) is 11.5. The Morgan fingerprint density at radius 3 is 2.00 bits per heavy atom. The highest BCUT2D eigenvalue weighted by Gasteiger charge is 2.78. The molecule has 3 amide bonds. The van der Waals surface area contributed by atoms with E-state index in [1.165, 1.54) is 0 Å². The zero-order valence-electron chi connectivity index (χ0n) is 25.2. The number of amides is 3. The van der Waals surface area contributed by atoms with Crippen LogP contribution in [0.15, 0.2) is 86.0 Å². The van der Waals surface area contributed by atoms with Crippen LogP contribution in [0.5, 0.6) is 0 Å². The van der Waals surface area contributed by atoms with Gasteiger partial charge in [-0.25, -0.2) is 0 Å². The van der Waals surface area contributed by atoms with Crippen LogP contribution in [0.3, 0.4) is 0 Å². The number of thioether (sulfide) groups is 1. The van der Waals surface area contributed by atoms with Crippen LogP contribution in [0.2, 0.25) is 0 Å². The number of aliphatic hydroxyl groups is 1. The molecule has 8 heteroatoms. The maximum atomic E-state index is 14.7. The van der Waals surface area contributed by atoms with Gasteiger partial charge in [0.2, 0.25) is 17.7 Å². The van der Waals surface area contributed by atoms with E-state index in [2.05, 4.69) is 20.1 Å². The Bertz CT molecular complexity index is 1350. The number of hydrogen-bond donors (Lipinski definition) is 1. The summed E-state index contributed by atoms with van der Waals surface area (Å²) in [6.07, 6.45) is 5.34. The number of benzene rings is 2. The molecule has 0 aromatic heterocycles. The van der Waals surface area contributed by atoms with Gasteiger partial charge >= 0.3 is 0 Å². The molecule has 3 aliphatic rings. The molecule has 3 fully saturated rings. The van der Waals surface area contributed by atoms with Crippen LogP contribution in [-0.2, 0) is 27.5 Å². The van der Waals surface area contributed by atoms with Crippen molar-refractivity contribution < 1.29 is 19.5 Å². The first-order chi connectivity index (χ1) is 20.7. The molecule has 228 valence electrons. The number of carbonyl (C=O) groups is 3. The van der Waals surface area contributed by atoms with Crippen molar-refractivity contribution in [1.29, 1.82) is 0 Å². The summed E-state index contributed by atoms with van der Waals surface area (Å²) in [5.74, 6) is -1.64. The molecule has 0 saturated carbocycles. The fraction of sp³-hybridized carbons (Fsp3) is 0.457. The van der Waals surface area contributed by atoms with Crippen LogP contribution in [0.25, 0.3) is 0 Å². The number of likely N-dealkylation sites (tertiary alicyclic amines) is 1. The predicted octanol–water partition coefficient (Wildman–Crippen LogP) is 4.67. The van der Waals surface area contributed by atoms with Gasteiger partial charge in [0.1, 0.15) is 6.04 Å². The summed E-state index contributed by atoms with van der Waals surface area (Å²) in [6, 6.07) is 18.3. The lowest BCUT2D eigenvalue weighted by atomic mass is 9.66. The Hall–Kier alpha value is -3.36. The van der Waals surface area contributed by atoms with Crippen LogP contribution in [0, 0.1) is 11.8 Å². The van der Waals surface area contributed by atoms with E-state index >= 15 is 0 Å². The number of rotatable bonds is 13. The van der Waals surface area contributed by atoms with Crippen molar-refractivity contribution in [3.05, 3.63) is 97.1 Å². The van der Waals surface area contributed by atoms with E-state index in [1.807, 2.05) is 67.6 Å². The first-order valence-corrected chi connectivity index (χ1v) is 16.1. The van der Waals surface area contributed by atoms with Gasteiger partial charge in [0, 0.05) is 30.9 Å². The number of carbonyl (C=O) groups excluding carboxylic acids is 3. The second kappa shape index (κ2) is 12.7. The minimum Gasteiger partial charge on any atom is -0.394 e. The molecule has 3 heterocycles. The molecule has 6 atom stereocenters. The topological polar surface area (TPSA) is 81.2 Å². The molecule has 7 nitrogen and oxygen atoms in total. The van der Waals surface area contributed by atoms with Gasteiger partial charge in [-0.1, -0.05) is 79.7 Å². The monoisotopic (exact) mass is 601 g/mol. The summed E-state index contributed by atoms with van der Waals surface area (Å²) < 4.78 is -1.24. The van der Waals surface area contributed by atoms with Crippen molar-refractivity contribution in [2.75, 3.05) is 19.7 Å². The maximum absolute atomic E-state index is 14.7. The van der Waals surface area contributed by atoms with Crippen molar-refractivity contribution in [3.8, 4) is 0 Å². The molecule has 2 unspecified atom stereocenters. The van der Waals surface area contributed by atoms with E-state index in [4.69, 9.17) is 0 Å². The van der Waals surface area contributed by atoms with Crippen molar-refractivity contribution in [2.24, 2.45) is 11.8 Å². The van der Waals surface area contributed by atoms with Crippen LogP contribution in [0.1, 0.15) is 44.2 Å². The second-order valence-electron chi connectivity index (χ2n) is 12.2. The molecule has 3 aliphatic heterocycles. The average molecular weight is 602 g/mol. The van der Waals surface area contributed by atoms with Crippen molar-refractivity contribution in [2.45, 2.75) is 67.8 Å². The van der Waals surface area contributed by atoms with Crippen molar-refractivity contribution in [1.82, 2.24) is 14.7 Å². The molecule has 43 heavy (non-hydrogen) atoms. The fourth-order valence-corrected chi connectivity index (χ4v) is 9.91. The molecule has 1 spiro atoms. The van der Waals surface area contributed by atoms with E-state index in [0.717, 1.165) is 17.5 Å². The number of aliphatic hydroxyl groups excluding tert-OH is 1. The minimum absolute atomic E-state index is 0.0731. The van der Waals surface area contributed by atoms with Gasteiger partial charge in [0.25, 0.3) is 0 Å². The maximum Gasteiger partial charge on any atom is 0.247 e. The lowest BCUT2D eigenvalue weighted by molar-refractivity contribution is -0.148. The van der Waals surface area contributed by atoms with E-state index in [-0.39, 0.29) is 24.3 Å². The minimum atomic E-state index is -0.780. The third kappa shape index (κ3) is 5.44. The van der Waals surface area contributed by atoms with Crippen LogP contribution in [0.4, 0.5) is 0 Å². The van der Waals surface area contributed by atoms with E-state index in [1.54, 1.807) is 38.6 Å². The Morgan fingerprint density at radius 2 is 1.51 bits per heavy atom. The van der Waals surface area contributed by atoms with Gasteiger partial charge in [-0.3, -0.25) is 14.4 Å². The van der Waals surface area contributed by atoms with Crippen LogP contribution >= 0.6 is 11.8 Å². The van der Waals surface area contributed by atoms with Gasteiger partial charge in [-0.15, -0.1) is 24.9 Å². The molecule has 2 bridgehead atoms. The summed E-state index contributed by atoms with van der Waals surface area (Å²) in [5.41, 5.74) is 1.99. The Labute approximate surface area is 259 Å². The van der Waals surface area contributed by atoms with E-state index in [0.29, 0.717) is 39.0 Å². The van der Waals surface area contributed by atoms with Crippen LogP contribution < -0.4 is 0 Å². The molecule has 2 aromatic carbocycles. The van der Waals surface area contributed by atoms with Gasteiger partial charge in [-0.2, -0.15) is 0 Å². The predicted molar refractivity (Wildman–Crippen MR) is 171 cm³/mol. The molecule has 1 N–H and O–H groups in total. The van der Waals surface area contributed by atoms with Gasteiger partial charge < -0.3 is 19.8 Å². The Kier molecular flexibility index (Phi) is 9.18. The highest BCUT2D eigenvalue weighted by molar-refractivity contribution is 8.02. The molecular formula is C35H43N3O4S. The summed E-state index contributed by atoms with van der Waals surface area (Å²) in [4.78, 5) is 49.0. The smallest absolute Gasteiger partial charge is 0.247 e. The molecule has 3 saturated heterocycles. The lowest BCUT2D eigenvalue weighted by Gasteiger charge is -2.39. The number of hydrogen-bond acceptors (Lipinski definition) is 5. The third-order valence-electron chi connectivity index (χ3n) is 9.54. The highest BCUT2D eigenvalue weighted by atomic mass is 32.2. The normalized spacial score (nSPS) is 27.9. The Balaban J connectivity index is 1.55. The zero-order valence-corrected chi connectivity index (χ0v) is 26.0. The summed E-state index contributed by atoms with van der Waals surface area (Å²) in [5, 5.41) is 10.4. The molecule has 0 aliphatic carbocycles. The van der Waals surface area contributed by atoms with E-state index in [9.17, 15) is 19.5 Å². The van der Waals surface area contributed by atoms with E-state index < -0.39 is 33.4 Å². The van der Waals surface area contributed by atoms with Gasteiger partial charge in [-0.05, 0) is 37.3 Å². The van der Waals surface area contributed by atoms with Gasteiger partial charge in [0.05, 0.1) is 29.2 Å². The van der Waals surface area contributed by atoms with Crippen LogP contribution in [-0.4, -0.2) is 78.8 Å². The quantitative estimate of drug-likeness (QED) is 0.338. The van der Waals surface area contributed by atoms with Gasteiger partial charge in [0.15, 0.2) is 0 Å². The highest BCUT2D eigenvalue weighted by Crippen LogP contribution is 2.72. The lowest BCUT2D eigenvalue weighted by Crippen LogP contribution is -2.57. The summed E-state index contributed by atoms with van der Waals surface area (Å²) in [6.45, 7) is 13.1. The molecule has 5 rings (SSSR count). The fourth-order valence-electron chi connectivity index (χ4n) is 7.58. The average Bonchev–Trinajstić information content (AvgIpc) is 3.58. The van der Waals surface area contributed by atoms with Crippen molar-refractivity contribution >= 4 is 29.5 Å². The standard InChI is InChI=1S/C35H43N3O4S/c1-5-20-36(22-25-14-10-8-11-15-25)31(40)28-29-32(41)38(27(7-3)24-39)30(35(29)19-18-34(28,4)43-35)33(42)37(21-6-2)23-26-16-12-9-13-17-26/h5-6,8-17,27-30,39H,1-2,7,18-24H2,3-4H3/t27-,28-,29-,30?,34+,35?/m0/s1. The zero-order chi connectivity index (χ0) is 30.8. The summed E-state index contributed by atoms with van der Waals surface area (Å²) in [7, 11) is 0. The SMILES string of the molecule is C=CCN(Cc1ccccc1)C(=O)C1N([C@@H](CC)CO)C(=O)[C@@H]2[C@@H](C(=O)N(CC=C)Cc3ccccc3)[C@@]3(C)CCC12S3. The molecule has 2 aromatic rings. The number of nitrogens with zero attached hydrogens (tertiary/aromatic N) is 3. The second-order valence-corrected chi connectivity index (χ2v) is 14.1. The first-order valence-electron chi connectivity index (χ1n) is 15.2. The molecular weight excluding hydrogens is 558 g/mol.